The maximum absolute atomic E-state index is 12.8. The van der Waals surface area contributed by atoms with Gasteiger partial charge in [0.25, 0.3) is 5.56 Å². The fourth-order valence-corrected chi connectivity index (χ4v) is 4.81. The van der Waals surface area contributed by atoms with Gasteiger partial charge in [-0.25, -0.2) is 4.98 Å². The van der Waals surface area contributed by atoms with E-state index in [1.54, 1.807) is 6.92 Å². The Hall–Kier alpha value is -3.20. The molecule has 2 aromatic heterocycles. The van der Waals surface area contributed by atoms with Gasteiger partial charge in [-0.3, -0.25) is 19.4 Å². The fourth-order valence-electron chi connectivity index (χ4n) is 3.90. The lowest BCUT2D eigenvalue weighted by Gasteiger charge is -2.32. The summed E-state index contributed by atoms with van der Waals surface area (Å²) in [4.78, 5) is 46.4. The highest BCUT2D eigenvalue weighted by Gasteiger charge is 2.28. The number of anilines is 1. The molecular formula is C23H26N4O4S. The van der Waals surface area contributed by atoms with Crippen LogP contribution in [-0.2, 0) is 14.3 Å². The summed E-state index contributed by atoms with van der Waals surface area (Å²) in [5, 5.41) is 4.61. The van der Waals surface area contributed by atoms with E-state index < -0.39 is 5.97 Å². The van der Waals surface area contributed by atoms with Crippen LogP contribution >= 0.6 is 11.3 Å². The summed E-state index contributed by atoms with van der Waals surface area (Å²) in [5.41, 5.74) is 3.60. The standard InChI is InChI=1S/C23H26N4O4S/c1-3-31-18(28)11-24-21(29)16-5-4-10-27(12-16)23-25-19-17(13-32-20(19)22(30)26-23)15-8-6-14(2)7-9-15/h6-9,13,16H,3-5,10-12H2,1-2H3,(H,24,29)(H,25,26,30)/t16-/m0/s1. The Labute approximate surface area is 189 Å². The van der Waals surface area contributed by atoms with Crippen LogP contribution in [0.2, 0.25) is 0 Å². The number of piperidine rings is 1. The number of hydrogen-bond donors (Lipinski definition) is 2. The zero-order chi connectivity index (χ0) is 22.7. The number of H-pyrrole nitrogens is 1. The van der Waals surface area contributed by atoms with Crippen LogP contribution < -0.4 is 15.8 Å². The van der Waals surface area contributed by atoms with E-state index in [-0.39, 0.29) is 30.5 Å². The zero-order valence-electron chi connectivity index (χ0n) is 18.1. The van der Waals surface area contributed by atoms with Gasteiger partial charge in [-0.05, 0) is 32.3 Å². The summed E-state index contributed by atoms with van der Waals surface area (Å²) < 4.78 is 5.45. The van der Waals surface area contributed by atoms with Crippen molar-refractivity contribution in [3.63, 3.8) is 0 Å². The van der Waals surface area contributed by atoms with E-state index in [0.717, 1.165) is 17.5 Å². The third-order valence-electron chi connectivity index (χ3n) is 5.58. The molecule has 32 heavy (non-hydrogen) atoms. The van der Waals surface area contributed by atoms with E-state index >= 15 is 0 Å². The molecule has 1 aliphatic heterocycles. The number of aromatic amines is 1. The van der Waals surface area contributed by atoms with Crippen molar-refractivity contribution in [2.45, 2.75) is 26.7 Å². The normalized spacial score (nSPS) is 16.2. The molecule has 0 spiro atoms. The minimum Gasteiger partial charge on any atom is -0.465 e. The zero-order valence-corrected chi connectivity index (χ0v) is 19.0. The summed E-state index contributed by atoms with van der Waals surface area (Å²) in [6, 6.07) is 8.14. The monoisotopic (exact) mass is 454 g/mol. The third-order valence-corrected chi connectivity index (χ3v) is 6.55. The van der Waals surface area contributed by atoms with Crippen LogP contribution in [0.1, 0.15) is 25.3 Å². The van der Waals surface area contributed by atoms with Gasteiger partial charge in [0.1, 0.15) is 11.2 Å². The van der Waals surface area contributed by atoms with Crippen molar-refractivity contribution in [3.8, 4) is 11.1 Å². The lowest BCUT2D eigenvalue weighted by molar-refractivity contribution is -0.143. The Morgan fingerprint density at radius 1 is 1.31 bits per heavy atom. The number of aryl methyl sites for hydroxylation is 1. The first-order valence-electron chi connectivity index (χ1n) is 10.7. The van der Waals surface area contributed by atoms with Gasteiger partial charge in [0.05, 0.1) is 18.0 Å². The number of rotatable bonds is 6. The van der Waals surface area contributed by atoms with E-state index in [1.807, 2.05) is 41.5 Å². The van der Waals surface area contributed by atoms with Crippen LogP contribution in [0.5, 0.6) is 0 Å². The molecule has 1 aromatic carbocycles. The van der Waals surface area contributed by atoms with Gasteiger partial charge in [-0.15, -0.1) is 11.3 Å². The predicted octanol–water partition coefficient (Wildman–Crippen LogP) is 2.86. The highest BCUT2D eigenvalue weighted by molar-refractivity contribution is 7.17. The number of carbonyl (C=O) groups is 2. The molecule has 0 unspecified atom stereocenters. The van der Waals surface area contributed by atoms with Crippen molar-refractivity contribution in [3.05, 3.63) is 45.6 Å². The Morgan fingerprint density at radius 3 is 2.84 bits per heavy atom. The van der Waals surface area contributed by atoms with Crippen LogP contribution in [0.25, 0.3) is 21.3 Å². The molecule has 168 valence electrons. The van der Waals surface area contributed by atoms with E-state index in [2.05, 4.69) is 10.3 Å². The van der Waals surface area contributed by atoms with Crippen LogP contribution in [0.3, 0.4) is 0 Å². The first kappa shape index (κ1) is 22.0. The molecule has 1 fully saturated rings. The van der Waals surface area contributed by atoms with Gasteiger partial charge in [0.2, 0.25) is 11.9 Å². The minimum absolute atomic E-state index is 0.140. The van der Waals surface area contributed by atoms with Crippen molar-refractivity contribution < 1.29 is 14.3 Å². The van der Waals surface area contributed by atoms with Crippen molar-refractivity contribution >= 4 is 39.4 Å². The summed E-state index contributed by atoms with van der Waals surface area (Å²) in [7, 11) is 0. The molecule has 4 rings (SSSR count). The lowest BCUT2D eigenvalue weighted by Crippen LogP contribution is -2.45. The first-order chi connectivity index (χ1) is 15.5. The molecule has 2 N–H and O–H groups in total. The van der Waals surface area contributed by atoms with E-state index in [1.165, 1.54) is 16.9 Å². The van der Waals surface area contributed by atoms with E-state index in [4.69, 9.17) is 9.72 Å². The quantitative estimate of drug-likeness (QED) is 0.555. The van der Waals surface area contributed by atoms with Crippen molar-refractivity contribution in [1.82, 2.24) is 15.3 Å². The van der Waals surface area contributed by atoms with Gasteiger partial charge in [0.15, 0.2) is 0 Å². The molecule has 9 heteroatoms. The molecule has 3 aromatic rings. The van der Waals surface area contributed by atoms with E-state index in [0.29, 0.717) is 35.7 Å². The molecule has 1 aliphatic rings. The smallest absolute Gasteiger partial charge is 0.325 e. The van der Waals surface area contributed by atoms with Gasteiger partial charge in [-0.2, -0.15) is 0 Å². The molecule has 0 bridgehead atoms. The number of nitrogens with one attached hydrogen (secondary N) is 2. The van der Waals surface area contributed by atoms with Gasteiger partial charge < -0.3 is 15.0 Å². The molecule has 1 amide bonds. The number of thiophene rings is 1. The number of nitrogens with zero attached hydrogens (tertiary/aromatic N) is 2. The number of ether oxygens (including phenoxy) is 1. The molecule has 1 atom stereocenters. The van der Waals surface area contributed by atoms with Crippen LogP contribution in [0.15, 0.2) is 34.4 Å². The Bertz CT molecular complexity index is 1180. The number of carbonyl (C=O) groups excluding carboxylic acids is 2. The molecule has 1 saturated heterocycles. The summed E-state index contributed by atoms with van der Waals surface area (Å²) >= 11 is 1.38. The van der Waals surface area contributed by atoms with Crippen LogP contribution in [-0.4, -0.2) is 48.1 Å². The van der Waals surface area contributed by atoms with Gasteiger partial charge in [-0.1, -0.05) is 29.8 Å². The minimum atomic E-state index is -0.453. The number of aromatic nitrogens is 2. The second-order valence-electron chi connectivity index (χ2n) is 7.89. The Kier molecular flexibility index (Phi) is 6.55. The molecule has 0 aliphatic carbocycles. The van der Waals surface area contributed by atoms with Crippen molar-refractivity contribution in [1.29, 1.82) is 0 Å². The van der Waals surface area contributed by atoms with Gasteiger partial charge >= 0.3 is 5.97 Å². The van der Waals surface area contributed by atoms with E-state index in [9.17, 15) is 14.4 Å². The number of hydrogen-bond acceptors (Lipinski definition) is 7. The third kappa shape index (κ3) is 4.67. The molecule has 0 radical (unpaired) electrons. The summed E-state index contributed by atoms with van der Waals surface area (Å²) in [6.45, 7) is 5.01. The van der Waals surface area contributed by atoms with Crippen molar-refractivity contribution in [2.75, 3.05) is 31.1 Å². The number of benzene rings is 1. The maximum atomic E-state index is 12.8. The topological polar surface area (TPSA) is 104 Å². The molecule has 3 heterocycles. The number of esters is 1. The number of fused-ring (bicyclic) bond motifs is 1. The average Bonchev–Trinajstić information content (AvgIpc) is 3.23. The first-order valence-corrected chi connectivity index (χ1v) is 11.6. The highest BCUT2D eigenvalue weighted by atomic mass is 32.1. The second kappa shape index (κ2) is 9.52. The molecule has 0 saturated carbocycles. The molecule has 8 nitrogen and oxygen atoms in total. The maximum Gasteiger partial charge on any atom is 0.325 e. The summed E-state index contributed by atoms with van der Waals surface area (Å²) in [5.74, 6) is -0.469. The predicted molar refractivity (Wildman–Crippen MR) is 125 cm³/mol. The largest absolute Gasteiger partial charge is 0.465 e. The SMILES string of the molecule is CCOC(=O)CNC(=O)[C@H]1CCCN(c2nc3c(-c4ccc(C)cc4)csc3c(=O)[nH]2)C1. The van der Waals surface area contributed by atoms with Gasteiger partial charge in [0, 0.05) is 24.0 Å². The average molecular weight is 455 g/mol. The Balaban J connectivity index is 1.55. The fraction of sp³-hybridized carbons (Fsp3) is 0.391. The highest BCUT2D eigenvalue weighted by Crippen LogP contribution is 2.32. The summed E-state index contributed by atoms with van der Waals surface area (Å²) in [6.07, 6.45) is 1.50. The lowest BCUT2D eigenvalue weighted by atomic mass is 9.97. The van der Waals surface area contributed by atoms with Crippen molar-refractivity contribution in [2.24, 2.45) is 5.92 Å². The molecular weight excluding hydrogens is 428 g/mol. The second-order valence-corrected chi connectivity index (χ2v) is 8.77. The number of amides is 1. The van der Waals surface area contributed by atoms with Crippen LogP contribution in [0.4, 0.5) is 5.95 Å². The Morgan fingerprint density at radius 2 is 2.09 bits per heavy atom. The van der Waals surface area contributed by atoms with Crippen LogP contribution in [0, 0.1) is 12.8 Å².